The van der Waals surface area contributed by atoms with Gasteiger partial charge in [-0.1, -0.05) is 72.8 Å². The maximum atomic E-state index is 13.6. The number of hydrazine groups is 1. The van der Waals surface area contributed by atoms with Gasteiger partial charge in [0.2, 0.25) is 5.91 Å². The van der Waals surface area contributed by atoms with Crippen molar-refractivity contribution in [1.29, 1.82) is 5.26 Å². The molecule has 5 nitrogen and oxygen atoms in total. The highest BCUT2D eigenvalue weighted by molar-refractivity contribution is 5.98. The predicted octanol–water partition coefficient (Wildman–Crippen LogP) is 5.88. The number of para-hydroxylation sites is 1. The van der Waals surface area contributed by atoms with Crippen LogP contribution in [0.4, 0.5) is 5.69 Å². The summed E-state index contributed by atoms with van der Waals surface area (Å²) in [6.45, 7) is 1.88. The Kier molecular flexibility index (Phi) is 6.63. The fraction of sp³-hybridized carbons (Fsp3) is 0.200. The van der Waals surface area contributed by atoms with Crippen molar-refractivity contribution >= 4 is 22.4 Å². The fourth-order valence-corrected chi connectivity index (χ4v) is 4.66. The fourth-order valence-electron chi connectivity index (χ4n) is 4.66. The number of benzene rings is 4. The van der Waals surface area contributed by atoms with E-state index in [2.05, 4.69) is 11.1 Å². The molecule has 0 atom stereocenters. The van der Waals surface area contributed by atoms with E-state index in [1.54, 1.807) is 0 Å². The number of nitrogens with zero attached hydrogens (tertiary/aromatic N) is 3. The quantitative estimate of drug-likeness (QED) is 0.360. The van der Waals surface area contributed by atoms with E-state index in [1.807, 2.05) is 96.0 Å². The average Bonchev–Trinajstić information content (AvgIpc) is 2.92. The molecule has 174 valence electrons. The summed E-state index contributed by atoms with van der Waals surface area (Å²) >= 11 is 0. The monoisotopic (exact) mass is 461 g/mol. The first-order chi connectivity index (χ1) is 17.2. The van der Waals surface area contributed by atoms with Crippen LogP contribution in [0.5, 0.6) is 5.75 Å². The lowest BCUT2D eigenvalue weighted by atomic mass is 10.0. The van der Waals surface area contributed by atoms with Crippen LogP contribution >= 0.6 is 0 Å². The molecule has 0 aliphatic carbocycles. The Hall–Kier alpha value is -4.30. The van der Waals surface area contributed by atoms with Crippen molar-refractivity contribution in [3.05, 3.63) is 108 Å². The van der Waals surface area contributed by atoms with Gasteiger partial charge < -0.3 is 4.74 Å². The van der Waals surface area contributed by atoms with E-state index in [4.69, 9.17) is 4.74 Å². The van der Waals surface area contributed by atoms with Gasteiger partial charge in [0, 0.05) is 29.4 Å². The number of ether oxygens (including phenoxy) is 1. The molecular formula is C30H27N3O2. The Morgan fingerprint density at radius 2 is 1.54 bits per heavy atom. The van der Waals surface area contributed by atoms with Crippen LogP contribution in [0.2, 0.25) is 0 Å². The second-order valence-corrected chi connectivity index (χ2v) is 8.70. The Balaban J connectivity index is 1.39. The lowest BCUT2D eigenvalue weighted by Gasteiger charge is -2.41. The first-order valence-corrected chi connectivity index (χ1v) is 12.0. The molecular weight excluding hydrogens is 434 g/mol. The molecule has 5 rings (SSSR count). The number of rotatable bonds is 6. The highest BCUT2D eigenvalue weighted by Crippen LogP contribution is 2.32. The highest BCUT2D eigenvalue weighted by atomic mass is 16.5. The molecule has 0 unspecified atom stereocenters. The molecule has 0 N–H and O–H groups in total. The molecule has 0 saturated carbocycles. The molecule has 1 saturated heterocycles. The van der Waals surface area contributed by atoms with Gasteiger partial charge in [-0.05, 0) is 36.6 Å². The summed E-state index contributed by atoms with van der Waals surface area (Å²) < 4.78 is 6.09. The molecule has 5 heteroatoms. The zero-order chi connectivity index (χ0) is 24.0. The minimum Gasteiger partial charge on any atom is -0.489 e. The summed E-state index contributed by atoms with van der Waals surface area (Å²) in [6.07, 6.45) is 2.23. The van der Waals surface area contributed by atoms with Gasteiger partial charge in [0.15, 0.2) is 0 Å². The van der Waals surface area contributed by atoms with E-state index in [0.717, 1.165) is 52.7 Å². The third kappa shape index (κ3) is 4.83. The van der Waals surface area contributed by atoms with Gasteiger partial charge in [0.05, 0.1) is 23.7 Å². The molecule has 1 amide bonds. The molecule has 0 aromatic heterocycles. The maximum absolute atomic E-state index is 13.6. The second-order valence-electron chi connectivity index (χ2n) is 8.70. The number of hydrogen-bond acceptors (Lipinski definition) is 4. The third-order valence-corrected chi connectivity index (χ3v) is 6.42. The van der Waals surface area contributed by atoms with Crippen molar-refractivity contribution in [2.75, 3.05) is 18.1 Å². The largest absolute Gasteiger partial charge is 0.489 e. The first-order valence-electron chi connectivity index (χ1n) is 12.0. The van der Waals surface area contributed by atoms with Crippen LogP contribution in [-0.4, -0.2) is 24.0 Å². The zero-order valence-corrected chi connectivity index (χ0v) is 19.6. The summed E-state index contributed by atoms with van der Waals surface area (Å²) in [5.41, 5.74) is 3.57. The number of carbonyl (C=O) groups is 1. The SMILES string of the molecule is N#Cc1ccc(N2CCCCN2C(=O)Cc2ccccc2OCc2ccccc2)c2ccccc12. The van der Waals surface area contributed by atoms with Crippen LogP contribution < -0.4 is 9.75 Å². The number of fused-ring (bicyclic) bond motifs is 1. The number of hydrogen-bond donors (Lipinski definition) is 0. The average molecular weight is 462 g/mol. The minimum atomic E-state index is 0.0360. The number of nitriles is 1. The topological polar surface area (TPSA) is 56.6 Å². The molecule has 35 heavy (non-hydrogen) atoms. The highest BCUT2D eigenvalue weighted by Gasteiger charge is 2.27. The standard InChI is InChI=1S/C30H27N3O2/c31-21-25-16-17-28(27-14-6-5-13-26(25)27)32-18-8-9-19-33(32)30(34)20-24-12-4-7-15-29(24)35-22-23-10-2-1-3-11-23/h1-7,10-17H,8-9,18-20,22H2. The van der Waals surface area contributed by atoms with Gasteiger partial charge in [-0.3, -0.25) is 14.8 Å². The van der Waals surface area contributed by atoms with Crippen LogP contribution in [-0.2, 0) is 17.8 Å². The van der Waals surface area contributed by atoms with Gasteiger partial charge in [-0.25, -0.2) is 0 Å². The Labute approximate surface area is 205 Å². The van der Waals surface area contributed by atoms with E-state index in [0.29, 0.717) is 18.7 Å². The Morgan fingerprint density at radius 1 is 0.829 bits per heavy atom. The number of anilines is 1. The van der Waals surface area contributed by atoms with Crippen molar-refractivity contribution in [3.63, 3.8) is 0 Å². The number of amides is 1. The second kappa shape index (κ2) is 10.3. The smallest absolute Gasteiger partial charge is 0.245 e. The molecule has 1 heterocycles. The summed E-state index contributed by atoms with van der Waals surface area (Å²) in [6, 6.07) is 31.8. The van der Waals surface area contributed by atoms with Gasteiger partial charge in [0.25, 0.3) is 0 Å². The third-order valence-electron chi connectivity index (χ3n) is 6.42. The summed E-state index contributed by atoms with van der Waals surface area (Å²) in [5.74, 6) is 0.769. The molecule has 0 spiro atoms. The van der Waals surface area contributed by atoms with E-state index >= 15 is 0 Å². The summed E-state index contributed by atoms with van der Waals surface area (Å²) in [4.78, 5) is 13.6. The van der Waals surface area contributed by atoms with Gasteiger partial charge >= 0.3 is 0 Å². The van der Waals surface area contributed by atoms with Crippen molar-refractivity contribution in [2.24, 2.45) is 0 Å². The van der Waals surface area contributed by atoms with E-state index in [1.165, 1.54) is 0 Å². The van der Waals surface area contributed by atoms with Gasteiger partial charge in [0.1, 0.15) is 12.4 Å². The molecule has 1 aliphatic rings. The molecule has 4 aromatic carbocycles. The summed E-state index contributed by atoms with van der Waals surface area (Å²) in [5, 5.41) is 15.4. The van der Waals surface area contributed by atoms with E-state index in [-0.39, 0.29) is 12.3 Å². The molecule has 0 bridgehead atoms. The normalized spacial score (nSPS) is 13.5. The molecule has 1 fully saturated rings. The van der Waals surface area contributed by atoms with Crippen LogP contribution in [0.1, 0.15) is 29.5 Å². The van der Waals surface area contributed by atoms with Crippen LogP contribution in [0.15, 0.2) is 91.0 Å². The van der Waals surface area contributed by atoms with Crippen molar-refractivity contribution in [2.45, 2.75) is 25.9 Å². The van der Waals surface area contributed by atoms with Crippen molar-refractivity contribution in [1.82, 2.24) is 5.01 Å². The molecule has 4 aromatic rings. The lowest BCUT2D eigenvalue weighted by molar-refractivity contribution is -0.132. The Morgan fingerprint density at radius 3 is 2.37 bits per heavy atom. The molecule has 1 aliphatic heterocycles. The Bertz CT molecular complexity index is 1380. The number of carbonyl (C=O) groups excluding carboxylic acids is 1. The summed E-state index contributed by atoms with van der Waals surface area (Å²) in [7, 11) is 0. The van der Waals surface area contributed by atoms with Gasteiger partial charge in [-0.15, -0.1) is 0 Å². The van der Waals surface area contributed by atoms with Gasteiger partial charge in [-0.2, -0.15) is 5.26 Å². The van der Waals surface area contributed by atoms with Crippen LogP contribution in [0, 0.1) is 11.3 Å². The minimum absolute atomic E-state index is 0.0360. The zero-order valence-electron chi connectivity index (χ0n) is 19.6. The van der Waals surface area contributed by atoms with Crippen LogP contribution in [0.25, 0.3) is 10.8 Å². The van der Waals surface area contributed by atoms with E-state index in [9.17, 15) is 10.1 Å². The van der Waals surface area contributed by atoms with E-state index < -0.39 is 0 Å². The van der Waals surface area contributed by atoms with Crippen LogP contribution in [0.3, 0.4) is 0 Å². The maximum Gasteiger partial charge on any atom is 0.245 e. The molecule has 0 radical (unpaired) electrons. The van der Waals surface area contributed by atoms with Crippen molar-refractivity contribution in [3.8, 4) is 11.8 Å². The first kappa shape index (κ1) is 22.5. The predicted molar refractivity (Wildman–Crippen MR) is 138 cm³/mol. The lowest BCUT2D eigenvalue weighted by Crippen LogP contribution is -2.51. The van der Waals surface area contributed by atoms with Crippen molar-refractivity contribution < 1.29 is 9.53 Å².